The number of oxazole rings is 1. The second kappa shape index (κ2) is 7.27. The zero-order valence-corrected chi connectivity index (χ0v) is 13.5. The lowest BCUT2D eigenvalue weighted by Gasteiger charge is -2.40. The SMILES string of the molecule is CNC(=O)C1CN(C(=O)c2cnco2)CCN1Cc1ccccc1. The normalized spacial score (nSPS) is 18.4. The Bertz CT molecular complexity index is 687. The lowest BCUT2D eigenvalue weighted by Crippen LogP contribution is -2.59. The van der Waals surface area contributed by atoms with Crippen LogP contribution in [0.3, 0.4) is 0 Å². The summed E-state index contributed by atoms with van der Waals surface area (Å²) >= 11 is 0. The number of carbonyl (C=O) groups excluding carboxylic acids is 2. The topological polar surface area (TPSA) is 78.7 Å². The first kappa shape index (κ1) is 16.2. The number of hydrogen-bond acceptors (Lipinski definition) is 5. The van der Waals surface area contributed by atoms with Crippen molar-refractivity contribution in [3.8, 4) is 0 Å². The zero-order valence-electron chi connectivity index (χ0n) is 13.5. The van der Waals surface area contributed by atoms with Gasteiger partial charge in [0.25, 0.3) is 5.91 Å². The van der Waals surface area contributed by atoms with Gasteiger partial charge in [-0.05, 0) is 5.56 Å². The van der Waals surface area contributed by atoms with Crippen LogP contribution in [-0.2, 0) is 11.3 Å². The van der Waals surface area contributed by atoms with E-state index in [1.165, 1.54) is 12.6 Å². The number of amides is 2. The molecule has 7 heteroatoms. The molecule has 1 fully saturated rings. The molecule has 1 aliphatic heterocycles. The number of nitrogens with zero attached hydrogens (tertiary/aromatic N) is 3. The molecule has 0 spiro atoms. The molecule has 0 saturated carbocycles. The fraction of sp³-hybridized carbons (Fsp3) is 0.353. The van der Waals surface area contributed by atoms with Crippen molar-refractivity contribution < 1.29 is 14.0 Å². The van der Waals surface area contributed by atoms with E-state index in [4.69, 9.17) is 4.42 Å². The Hall–Kier alpha value is -2.67. The summed E-state index contributed by atoms with van der Waals surface area (Å²) in [6.07, 6.45) is 2.63. The van der Waals surface area contributed by atoms with Crippen molar-refractivity contribution in [1.82, 2.24) is 20.1 Å². The van der Waals surface area contributed by atoms with Gasteiger partial charge in [-0.25, -0.2) is 4.98 Å². The molecule has 2 heterocycles. The Labute approximate surface area is 140 Å². The molecule has 7 nitrogen and oxygen atoms in total. The molecule has 1 aromatic heterocycles. The summed E-state index contributed by atoms with van der Waals surface area (Å²) in [4.78, 5) is 32.2. The van der Waals surface area contributed by atoms with Crippen LogP contribution in [-0.4, -0.2) is 59.3 Å². The molecule has 24 heavy (non-hydrogen) atoms. The van der Waals surface area contributed by atoms with Gasteiger partial charge in [0.05, 0.1) is 6.20 Å². The highest BCUT2D eigenvalue weighted by Gasteiger charge is 2.34. The number of aromatic nitrogens is 1. The summed E-state index contributed by atoms with van der Waals surface area (Å²) in [6, 6.07) is 9.60. The molecule has 2 aromatic rings. The molecule has 0 aliphatic carbocycles. The Morgan fingerprint density at radius 2 is 2.08 bits per heavy atom. The molecule has 0 radical (unpaired) electrons. The predicted molar refractivity (Wildman–Crippen MR) is 87.1 cm³/mol. The summed E-state index contributed by atoms with van der Waals surface area (Å²) < 4.78 is 5.08. The number of piperazine rings is 1. The van der Waals surface area contributed by atoms with E-state index in [9.17, 15) is 9.59 Å². The first-order valence-corrected chi connectivity index (χ1v) is 7.86. The van der Waals surface area contributed by atoms with Gasteiger partial charge >= 0.3 is 0 Å². The first-order valence-electron chi connectivity index (χ1n) is 7.86. The third-order valence-corrected chi connectivity index (χ3v) is 4.20. The van der Waals surface area contributed by atoms with Gasteiger partial charge in [-0.2, -0.15) is 0 Å². The van der Waals surface area contributed by atoms with Gasteiger partial charge in [0, 0.05) is 33.2 Å². The van der Waals surface area contributed by atoms with Gasteiger partial charge in [0.15, 0.2) is 6.39 Å². The lowest BCUT2D eigenvalue weighted by atomic mass is 10.1. The molecule has 1 aromatic carbocycles. The molecule has 1 saturated heterocycles. The predicted octanol–water partition coefficient (Wildman–Crippen LogP) is 0.747. The van der Waals surface area contributed by atoms with E-state index in [2.05, 4.69) is 15.2 Å². The van der Waals surface area contributed by atoms with Gasteiger partial charge < -0.3 is 14.6 Å². The zero-order chi connectivity index (χ0) is 16.9. The second-order valence-corrected chi connectivity index (χ2v) is 5.70. The van der Waals surface area contributed by atoms with Crippen molar-refractivity contribution in [1.29, 1.82) is 0 Å². The van der Waals surface area contributed by atoms with Crippen molar-refractivity contribution in [2.24, 2.45) is 0 Å². The van der Waals surface area contributed by atoms with E-state index >= 15 is 0 Å². The van der Waals surface area contributed by atoms with Crippen LogP contribution in [0.4, 0.5) is 0 Å². The summed E-state index contributed by atoms with van der Waals surface area (Å²) in [6.45, 7) is 2.15. The lowest BCUT2D eigenvalue weighted by molar-refractivity contribution is -0.128. The van der Waals surface area contributed by atoms with Crippen molar-refractivity contribution in [3.63, 3.8) is 0 Å². The summed E-state index contributed by atoms with van der Waals surface area (Å²) in [5.41, 5.74) is 1.14. The number of benzene rings is 1. The van der Waals surface area contributed by atoms with Gasteiger partial charge in [-0.1, -0.05) is 30.3 Å². The third kappa shape index (κ3) is 3.46. The van der Waals surface area contributed by atoms with E-state index < -0.39 is 6.04 Å². The van der Waals surface area contributed by atoms with Crippen LogP contribution in [0, 0.1) is 0 Å². The van der Waals surface area contributed by atoms with Crippen molar-refractivity contribution in [2.75, 3.05) is 26.7 Å². The van der Waals surface area contributed by atoms with Gasteiger partial charge in [-0.3, -0.25) is 14.5 Å². The average molecular weight is 328 g/mol. The Morgan fingerprint density at radius 3 is 2.75 bits per heavy atom. The summed E-state index contributed by atoms with van der Waals surface area (Å²) in [7, 11) is 1.61. The maximum atomic E-state index is 12.4. The molecule has 3 rings (SSSR count). The molecule has 1 atom stereocenters. The molecule has 1 N–H and O–H groups in total. The fourth-order valence-corrected chi connectivity index (χ4v) is 2.90. The molecule has 2 amide bonds. The van der Waals surface area contributed by atoms with Crippen molar-refractivity contribution in [2.45, 2.75) is 12.6 Å². The van der Waals surface area contributed by atoms with E-state index in [1.807, 2.05) is 30.3 Å². The van der Waals surface area contributed by atoms with Crippen LogP contribution in [0.1, 0.15) is 16.1 Å². The molecule has 1 unspecified atom stereocenters. The minimum absolute atomic E-state index is 0.0963. The molecular weight excluding hydrogens is 308 g/mol. The van der Waals surface area contributed by atoms with Crippen molar-refractivity contribution in [3.05, 3.63) is 54.2 Å². The Kier molecular flexibility index (Phi) is 4.90. The highest BCUT2D eigenvalue weighted by Crippen LogP contribution is 2.16. The van der Waals surface area contributed by atoms with E-state index in [-0.39, 0.29) is 17.6 Å². The molecule has 126 valence electrons. The van der Waals surface area contributed by atoms with Crippen LogP contribution in [0.25, 0.3) is 0 Å². The van der Waals surface area contributed by atoms with Gasteiger partial charge in [0.2, 0.25) is 11.7 Å². The number of hydrogen-bond donors (Lipinski definition) is 1. The Balaban J connectivity index is 1.73. The van der Waals surface area contributed by atoms with E-state index in [0.29, 0.717) is 26.2 Å². The van der Waals surface area contributed by atoms with Crippen LogP contribution < -0.4 is 5.32 Å². The number of rotatable bonds is 4. The average Bonchev–Trinajstić information content (AvgIpc) is 3.16. The monoisotopic (exact) mass is 328 g/mol. The second-order valence-electron chi connectivity index (χ2n) is 5.70. The van der Waals surface area contributed by atoms with Crippen LogP contribution in [0.2, 0.25) is 0 Å². The molecule has 1 aliphatic rings. The maximum absolute atomic E-state index is 12.4. The Morgan fingerprint density at radius 1 is 1.29 bits per heavy atom. The van der Waals surface area contributed by atoms with Crippen molar-refractivity contribution >= 4 is 11.8 Å². The number of nitrogens with one attached hydrogen (secondary N) is 1. The van der Waals surface area contributed by atoms with E-state index in [1.54, 1.807) is 11.9 Å². The summed E-state index contributed by atoms with van der Waals surface area (Å²) in [5.74, 6) is -0.135. The highest BCUT2D eigenvalue weighted by molar-refractivity contribution is 5.92. The third-order valence-electron chi connectivity index (χ3n) is 4.20. The standard InChI is InChI=1S/C17H20N4O3/c1-18-16(22)14-11-21(17(23)15-9-19-12-24-15)8-7-20(14)10-13-5-3-2-4-6-13/h2-6,9,12,14H,7-8,10-11H2,1H3,(H,18,22). The van der Waals surface area contributed by atoms with Crippen LogP contribution in [0.15, 0.2) is 47.3 Å². The van der Waals surface area contributed by atoms with Gasteiger partial charge in [0.1, 0.15) is 6.04 Å². The first-order chi connectivity index (χ1) is 11.7. The number of likely N-dealkylation sites (N-methyl/N-ethyl adjacent to an activating group) is 1. The largest absolute Gasteiger partial charge is 0.438 e. The minimum atomic E-state index is -0.393. The summed E-state index contributed by atoms with van der Waals surface area (Å²) in [5, 5.41) is 2.69. The van der Waals surface area contributed by atoms with Crippen LogP contribution in [0.5, 0.6) is 0 Å². The minimum Gasteiger partial charge on any atom is -0.438 e. The van der Waals surface area contributed by atoms with Gasteiger partial charge in [-0.15, -0.1) is 0 Å². The fourth-order valence-electron chi connectivity index (χ4n) is 2.90. The smallest absolute Gasteiger partial charge is 0.291 e. The number of carbonyl (C=O) groups is 2. The quantitative estimate of drug-likeness (QED) is 0.896. The molecular formula is C17H20N4O3. The van der Waals surface area contributed by atoms with E-state index in [0.717, 1.165) is 5.56 Å². The maximum Gasteiger partial charge on any atom is 0.291 e. The molecule has 0 bridgehead atoms. The highest BCUT2D eigenvalue weighted by atomic mass is 16.3. The van der Waals surface area contributed by atoms with Crippen LogP contribution >= 0.6 is 0 Å².